The number of aromatic nitrogens is 4. The minimum atomic E-state index is 0.0482. The summed E-state index contributed by atoms with van der Waals surface area (Å²) >= 11 is 13.5. The first kappa shape index (κ1) is 29.0. The zero-order chi connectivity index (χ0) is 26.9. The zero-order valence-corrected chi connectivity index (χ0v) is 24.0. The van der Waals surface area contributed by atoms with Crippen LogP contribution in [-0.4, -0.2) is 51.2 Å². The van der Waals surface area contributed by atoms with Gasteiger partial charge >= 0.3 is 0 Å². The first-order valence-electron chi connectivity index (χ1n) is 14.0. The van der Waals surface area contributed by atoms with Crippen LogP contribution in [0.3, 0.4) is 0 Å². The van der Waals surface area contributed by atoms with E-state index in [1.807, 2.05) is 24.3 Å². The number of Topliss-reactive ketones (excluding diaryl/α,β-unsaturated/α-hetero) is 1. The summed E-state index contributed by atoms with van der Waals surface area (Å²) in [7, 11) is 3.17. The molecule has 0 spiro atoms. The van der Waals surface area contributed by atoms with Crippen molar-refractivity contribution in [1.82, 2.24) is 20.4 Å². The second-order valence-corrected chi connectivity index (χ2v) is 12.2. The van der Waals surface area contributed by atoms with Crippen LogP contribution in [0.5, 0.6) is 11.8 Å². The van der Waals surface area contributed by atoms with Crippen LogP contribution < -0.4 is 9.47 Å². The fourth-order valence-electron chi connectivity index (χ4n) is 6.10. The summed E-state index contributed by atoms with van der Waals surface area (Å²) in [5, 5.41) is 16.6. The Morgan fingerprint density at radius 3 is 1.42 bits per heavy atom. The van der Waals surface area contributed by atoms with E-state index >= 15 is 0 Å². The van der Waals surface area contributed by atoms with Gasteiger partial charge in [-0.2, -0.15) is 10.2 Å². The predicted molar refractivity (Wildman–Crippen MR) is 149 cm³/mol. The Morgan fingerprint density at radius 1 is 0.711 bits per heavy atom. The number of nitrogens with zero attached hydrogens (tertiary/aromatic N) is 4. The van der Waals surface area contributed by atoms with E-state index in [1.54, 1.807) is 14.2 Å². The Kier molecular flexibility index (Phi) is 11.0. The topological polar surface area (TPSA) is 87.1 Å². The third-order valence-corrected chi connectivity index (χ3v) is 9.48. The molecule has 208 valence electrons. The molecule has 2 fully saturated rings. The number of alkyl halides is 2. The lowest BCUT2D eigenvalue weighted by molar-refractivity contribution is -0.121. The summed E-state index contributed by atoms with van der Waals surface area (Å²) in [6.07, 6.45) is 11.5. The van der Waals surface area contributed by atoms with Gasteiger partial charge in [0, 0.05) is 48.6 Å². The molecular formula is C29H40Cl2N4O3. The lowest BCUT2D eigenvalue weighted by Crippen LogP contribution is -2.27. The quantitative estimate of drug-likeness (QED) is 0.282. The number of carbonyl (C=O) groups excluding carboxylic acids is 1. The number of halogens is 2. The molecule has 38 heavy (non-hydrogen) atoms. The van der Waals surface area contributed by atoms with Crippen molar-refractivity contribution in [1.29, 1.82) is 0 Å². The molecule has 2 unspecified atom stereocenters. The van der Waals surface area contributed by atoms with Crippen molar-refractivity contribution < 1.29 is 14.3 Å². The zero-order valence-electron chi connectivity index (χ0n) is 22.5. The minimum Gasteiger partial charge on any atom is -0.480 e. The third kappa shape index (κ3) is 8.51. The molecule has 2 saturated carbocycles. The van der Waals surface area contributed by atoms with Crippen LogP contribution in [0.4, 0.5) is 0 Å². The number of carbonyl (C=O) groups is 1. The van der Waals surface area contributed by atoms with Crippen LogP contribution >= 0.6 is 23.2 Å². The maximum absolute atomic E-state index is 12.9. The van der Waals surface area contributed by atoms with Gasteiger partial charge in [0.1, 0.15) is 5.78 Å². The summed E-state index contributed by atoms with van der Waals surface area (Å²) < 4.78 is 10.2. The molecule has 2 aliphatic rings. The molecule has 0 aromatic carbocycles. The summed E-state index contributed by atoms with van der Waals surface area (Å²) in [5.74, 6) is 3.39. The van der Waals surface area contributed by atoms with Crippen molar-refractivity contribution >= 4 is 29.0 Å². The van der Waals surface area contributed by atoms with Crippen LogP contribution in [0.1, 0.15) is 75.6 Å². The van der Waals surface area contributed by atoms with Gasteiger partial charge in [-0.15, -0.1) is 33.4 Å². The van der Waals surface area contributed by atoms with Crippen molar-refractivity contribution in [2.45, 2.75) is 87.8 Å². The molecule has 0 radical (unpaired) electrons. The SMILES string of the molecule is COc1ccc(CC(Cl)C2CCC(CC(=O)CC3CCC(C(Cl)Cc4ccc(OC)nn4)CC3)CC2)nn1. The first-order chi connectivity index (χ1) is 18.4. The van der Waals surface area contributed by atoms with E-state index in [1.165, 1.54) is 0 Å². The van der Waals surface area contributed by atoms with Crippen LogP contribution in [0.2, 0.25) is 0 Å². The lowest BCUT2D eigenvalue weighted by Gasteiger charge is -2.32. The molecule has 0 saturated heterocycles. The van der Waals surface area contributed by atoms with Gasteiger partial charge < -0.3 is 9.47 Å². The van der Waals surface area contributed by atoms with Crippen molar-refractivity contribution in [3.63, 3.8) is 0 Å². The lowest BCUT2D eigenvalue weighted by atomic mass is 9.75. The van der Waals surface area contributed by atoms with Gasteiger partial charge in [-0.25, -0.2) is 0 Å². The number of methoxy groups -OCH3 is 2. The van der Waals surface area contributed by atoms with E-state index in [0.29, 0.717) is 54.1 Å². The molecule has 2 aromatic heterocycles. The van der Waals surface area contributed by atoms with E-state index in [9.17, 15) is 4.79 Å². The maximum Gasteiger partial charge on any atom is 0.233 e. The first-order valence-corrected chi connectivity index (χ1v) is 14.8. The number of ketones is 1. The highest BCUT2D eigenvalue weighted by atomic mass is 35.5. The average Bonchev–Trinajstić information content (AvgIpc) is 2.94. The molecule has 0 amide bonds. The summed E-state index contributed by atoms with van der Waals surface area (Å²) in [6, 6.07) is 7.52. The molecule has 4 rings (SSSR count). The second kappa shape index (κ2) is 14.4. The maximum atomic E-state index is 12.9. The van der Waals surface area contributed by atoms with Crippen LogP contribution in [0.25, 0.3) is 0 Å². The van der Waals surface area contributed by atoms with E-state index < -0.39 is 0 Å². The standard InChI is InChI=1S/C29H40Cl2N4O3/c1-37-28-13-11-23(32-34-28)17-26(30)21-7-3-19(4-8-21)15-25(36)16-20-5-9-22(10-6-20)27(31)18-24-12-14-29(38-2)35-33-24/h11-14,19-22,26-27H,3-10,15-18H2,1-2H3. The second-order valence-electron chi connectivity index (χ2n) is 11.1. The number of hydrogen-bond donors (Lipinski definition) is 0. The third-order valence-electron chi connectivity index (χ3n) is 8.46. The fourth-order valence-corrected chi connectivity index (χ4v) is 6.92. The Hall–Kier alpha value is -1.99. The number of hydrogen-bond acceptors (Lipinski definition) is 7. The number of ether oxygens (including phenoxy) is 2. The Labute approximate surface area is 236 Å². The van der Waals surface area contributed by atoms with Gasteiger partial charge in [0.2, 0.25) is 11.8 Å². The Morgan fingerprint density at radius 2 is 1.11 bits per heavy atom. The molecule has 0 N–H and O–H groups in total. The molecule has 2 aromatic rings. The molecular weight excluding hydrogens is 523 g/mol. The summed E-state index contributed by atoms with van der Waals surface area (Å²) in [4.78, 5) is 12.9. The van der Waals surface area contributed by atoms with E-state index in [-0.39, 0.29) is 10.8 Å². The summed E-state index contributed by atoms with van der Waals surface area (Å²) in [6.45, 7) is 0. The van der Waals surface area contributed by atoms with Crippen molar-refractivity contribution in [2.75, 3.05) is 14.2 Å². The van der Waals surface area contributed by atoms with Crippen molar-refractivity contribution in [3.8, 4) is 11.8 Å². The highest BCUT2D eigenvalue weighted by Gasteiger charge is 2.31. The molecule has 2 aliphatic carbocycles. The van der Waals surface area contributed by atoms with Crippen LogP contribution in [0.15, 0.2) is 24.3 Å². The molecule has 0 aliphatic heterocycles. The molecule has 2 heterocycles. The van der Waals surface area contributed by atoms with Gasteiger partial charge in [-0.05, 0) is 87.2 Å². The van der Waals surface area contributed by atoms with Gasteiger partial charge in [0.05, 0.1) is 25.6 Å². The highest BCUT2D eigenvalue weighted by molar-refractivity contribution is 6.21. The molecule has 2 atom stereocenters. The van der Waals surface area contributed by atoms with Gasteiger partial charge in [0.15, 0.2) is 0 Å². The van der Waals surface area contributed by atoms with E-state index in [4.69, 9.17) is 32.7 Å². The predicted octanol–water partition coefficient (Wildman–Crippen LogP) is 6.25. The van der Waals surface area contributed by atoms with Gasteiger partial charge in [0.25, 0.3) is 0 Å². The molecule has 0 bridgehead atoms. The van der Waals surface area contributed by atoms with Gasteiger partial charge in [-0.3, -0.25) is 4.79 Å². The Balaban J connectivity index is 1.12. The average molecular weight is 564 g/mol. The molecule has 7 nitrogen and oxygen atoms in total. The van der Waals surface area contributed by atoms with Crippen LogP contribution in [-0.2, 0) is 17.6 Å². The normalized spacial score (nSPS) is 25.4. The highest BCUT2D eigenvalue weighted by Crippen LogP contribution is 2.38. The molecule has 9 heteroatoms. The summed E-state index contributed by atoms with van der Waals surface area (Å²) in [5.41, 5.74) is 1.79. The Bertz CT molecular complexity index is 912. The van der Waals surface area contributed by atoms with Gasteiger partial charge in [-0.1, -0.05) is 0 Å². The fraction of sp³-hybridized carbons (Fsp3) is 0.690. The van der Waals surface area contributed by atoms with E-state index in [2.05, 4.69) is 20.4 Å². The van der Waals surface area contributed by atoms with Crippen molar-refractivity contribution in [3.05, 3.63) is 35.7 Å². The van der Waals surface area contributed by atoms with Crippen molar-refractivity contribution in [2.24, 2.45) is 23.7 Å². The number of rotatable bonds is 12. The monoisotopic (exact) mass is 562 g/mol. The minimum absolute atomic E-state index is 0.0482. The van der Waals surface area contributed by atoms with E-state index in [0.717, 1.165) is 75.6 Å². The van der Waals surface area contributed by atoms with Crippen LogP contribution in [0, 0.1) is 23.7 Å². The largest absolute Gasteiger partial charge is 0.480 e. The smallest absolute Gasteiger partial charge is 0.233 e.